The third-order valence-corrected chi connectivity index (χ3v) is 6.71. The first-order valence-electron chi connectivity index (χ1n) is 10.2. The highest BCUT2D eigenvalue weighted by molar-refractivity contribution is 7.20. The number of rotatable bonds is 4. The summed E-state index contributed by atoms with van der Waals surface area (Å²) < 4.78 is 28.3. The van der Waals surface area contributed by atoms with Crippen LogP contribution in [0.4, 0.5) is 13.8 Å². The number of halogens is 2. The number of likely N-dealkylation sites (tertiary alicyclic amines) is 1. The normalized spacial score (nSPS) is 13.8. The Labute approximate surface area is 183 Å². The van der Waals surface area contributed by atoms with Crippen molar-refractivity contribution in [2.75, 3.05) is 18.4 Å². The minimum absolute atomic E-state index is 0.167. The number of carbonyl (C=O) groups excluding carboxylic acids is 2. The molecular formula is C24H22F2N2O2S. The van der Waals surface area contributed by atoms with Gasteiger partial charge in [0.15, 0.2) is 0 Å². The van der Waals surface area contributed by atoms with Crippen LogP contribution in [0.25, 0.3) is 10.4 Å². The summed E-state index contributed by atoms with van der Waals surface area (Å²) in [5.74, 6) is -2.97. The first-order valence-corrected chi connectivity index (χ1v) is 11.0. The largest absolute Gasteiger partial charge is 0.339 e. The van der Waals surface area contributed by atoms with E-state index < -0.39 is 23.1 Å². The van der Waals surface area contributed by atoms with Gasteiger partial charge >= 0.3 is 0 Å². The van der Waals surface area contributed by atoms with Gasteiger partial charge in [-0.3, -0.25) is 9.59 Å². The molecule has 2 amide bonds. The van der Waals surface area contributed by atoms with E-state index in [9.17, 15) is 18.4 Å². The summed E-state index contributed by atoms with van der Waals surface area (Å²) in [6.45, 7) is 3.16. The number of nitrogens with one attached hydrogen (secondary N) is 1. The number of hydrogen-bond donors (Lipinski definition) is 1. The van der Waals surface area contributed by atoms with Crippen molar-refractivity contribution >= 4 is 28.2 Å². The van der Waals surface area contributed by atoms with Crippen molar-refractivity contribution < 1.29 is 18.4 Å². The van der Waals surface area contributed by atoms with Crippen LogP contribution in [0.3, 0.4) is 0 Å². The molecule has 4 rings (SSSR count). The third-order valence-electron chi connectivity index (χ3n) is 5.46. The van der Waals surface area contributed by atoms with E-state index in [4.69, 9.17) is 0 Å². The minimum Gasteiger partial charge on any atom is -0.339 e. The molecular weight excluding hydrogens is 418 g/mol. The second-order valence-electron chi connectivity index (χ2n) is 7.53. The average molecular weight is 441 g/mol. The molecule has 0 unspecified atom stereocenters. The van der Waals surface area contributed by atoms with E-state index in [1.807, 2.05) is 37.3 Å². The molecule has 0 aliphatic carbocycles. The van der Waals surface area contributed by atoms with Gasteiger partial charge in [-0.1, -0.05) is 36.4 Å². The Balaban J connectivity index is 1.76. The van der Waals surface area contributed by atoms with Gasteiger partial charge in [-0.05, 0) is 49.4 Å². The van der Waals surface area contributed by atoms with Crippen molar-refractivity contribution in [2.24, 2.45) is 0 Å². The predicted octanol–water partition coefficient (Wildman–Crippen LogP) is 5.88. The maximum absolute atomic E-state index is 14.1. The highest BCUT2D eigenvalue weighted by Crippen LogP contribution is 2.41. The molecule has 1 aromatic heterocycles. The van der Waals surface area contributed by atoms with Crippen LogP contribution in [-0.4, -0.2) is 29.8 Å². The fraction of sp³-hybridized carbons (Fsp3) is 0.250. The Hall–Kier alpha value is -3.06. The molecule has 1 N–H and O–H groups in total. The average Bonchev–Trinajstić information content (AvgIpc) is 3.10. The summed E-state index contributed by atoms with van der Waals surface area (Å²) in [6, 6.07) is 12.8. The lowest BCUT2D eigenvalue weighted by atomic mass is 10.0. The van der Waals surface area contributed by atoms with Crippen molar-refractivity contribution in [2.45, 2.75) is 26.2 Å². The van der Waals surface area contributed by atoms with Crippen LogP contribution in [0, 0.1) is 18.6 Å². The SMILES string of the molecule is Cc1c(-c2ccccc2)sc(NC(=O)c2c(F)cccc2F)c1C(=O)N1CCCCC1. The second kappa shape index (κ2) is 8.98. The topological polar surface area (TPSA) is 49.4 Å². The van der Waals surface area contributed by atoms with E-state index in [0.717, 1.165) is 47.4 Å². The fourth-order valence-corrected chi connectivity index (χ4v) is 5.06. The number of anilines is 1. The van der Waals surface area contributed by atoms with Crippen molar-refractivity contribution in [3.63, 3.8) is 0 Å². The van der Waals surface area contributed by atoms with Crippen LogP contribution in [0.2, 0.25) is 0 Å². The van der Waals surface area contributed by atoms with Crippen LogP contribution >= 0.6 is 11.3 Å². The molecule has 1 aliphatic rings. The molecule has 4 nitrogen and oxygen atoms in total. The molecule has 0 radical (unpaired) electrons. The van der Waals surface area contributed by atoms with Gasteiger partial charge in [-0.15, -0.1) is 11.3 Å². The third kappa shape index (κ3) is 4.23. The van der Waals surface area contributed by atoms with Gasteiger partial charge < -0.3 is 10.2 Å². The zero-order valence-corrected chi connectivity index (χ0v) is 17.9. The number of benzene rings is 2. The van der Waals surface area contributed by atoms with Crippen LogP contribution in [-0.2, 0) is 0 Å². The summed E-state index contributed by atoms with van der Waals surface area (Å²) in [6.07, 6.45) is 2.95. The second-order valence-corrected chi connectivity index (χ2v) is 8.55. The summed E-state index contributed by atoms with van der Waals surface area (Å²) in [4.78, 5) is 28.7. The van der Waals surface area contributed by atoms with Crippen molar-refractivity contribution in [1.82, 2.24) is 4.90 Å². The number of thiophene rings is 1. The van der Waals surface area contributed by atoms with Crippen LogP contribution in [0.1, 0.15) is 45.5 Å². The zero-order chi connectivity index (χ0) is 22.0. The first kappa shape index (κ1) is 21.2. The predicted molar refractivity (Wildman–Crippen MR) is 119 cm³/mol. The van der Waals surface area contributed by atoms with Gasteiger partial charge in [0.1, 0.15) is 22.2 Å². The van der Waals surface area contributed by atoms with Crippen molar-refractivity contribution in [1.29, 1.82) is 0 Å². The smallest absolute Gasteiger partial charge is 0.262 e. The summed E-state index contributed by atoms with van der Waals surface area (Å²) in [7, 11) is 0. The fourth-order valence-electron chi connectivity index (χ4n) is 3.86. The maximum atomic E-state index is 14.1. The summed E-state index contributed by atoms with van der Waals surface area (Å²) >= 11 is 1.24. The zero-order valence-electron chi connectivity index (χ0n) is 17.1. The highest BCUT2D eigenvalue weighted by Gasteiger charge is 2.29. The van der Waals surface area contributed by atoms with E-state index in [2.05, 4.69) is 5.32 Å². The van der Waals surface area contributed by atoms with Crippen molar-refractivity contribution in [3.8, 4) is 10.4 Å². The Morgan fingerprint density at radius 2 is 1.55 bits per heavy atom. The van der Waals surface area contributed by atoms with Crippen LogP contribution in [0.15, 0.2) is 48.5 Å². The van der Waals surface area contributed by atoms with E-state index in [-0.39, 0.29) is 5.91 Å². The molecule has 1 saturated heterocycles. The molecule has 0 atom stereocenters. The van der Waals surface area contributed by atoms with Gasteiger partial charge in [0.05, 0.1) is 5.56 Å². The summed E-state index contributed by atoms with van der Waals surface area (Å²) in [5.41, 5.74) is 1.38. The number of hydrogen-bond acceptors (Lipinski definition) is 3. The minimum atomic E-state index is -0.946. The lowest BCUT2D eigenvalue weighted by Crippen LogP contribution is -2.36. The number of carbonyl (C=O) groups is 2. The van der Waals surface area contributed by atoms with E-state index >= 15 is 0 Å². The molecule has 160 valence electrons. The van der Waals surface area contributed by atoms with Gasteiger partial charge in [-0.25, -0.2) is 8.78 Å². The van der Waals surface area contributed by atoms with Gasteiger partial charge in [0, 0.05) is 18.0 Å². The van der Waals surface area contributed by atoms with E-state index in [1.165, 1.54) is 17.4 Å². The van der Waals surface area contributed by atoms with Gasteiger partial charge in [0.25, 0.3) is 11.8 Å². The maximum Gasteiger partial charge on any atom is 0.262 e. The molecule has 7 heteroatoms. The van der Waals surface area contributed by atoms with Crippen molar-refractivity contribution in [3.05, 3.63) is 76.9 Å². The highest BCUT2D eigenvalue weighted by atomic mass is 32.1. The Kier molecular flexibility index (Phi) is 6.13. The monoisotopic (exact) mass is 440 g/mol. The molecule has 31 heavy (non-hydrogen) atoms. The molecule has 1 aliphatic heterocycles. The molecule has 2 aromatic carbocycles. The van der Waals surface area contributed by atoms with Crippen LogP contribution in [0.5, 0.6) is 0 Å². The number of nitrogens with zero attached hydrogens (tertiary/aromatic N) is 1. The van der Waals surface area contributed by atoms with Gasteiger partial charge in [0.2, 0.25) is 0 Å². The lowest BCUT2D eigenvalue weighted by molar-refractivity contribution is 0.0725. The number of piperidine rings is 1. The molecule has 0 saturated carbocycles. The van der Waals surface area contributed by atoms with E-state index in [0.29, 0.717) is 23.7 Å². The first-order chi connectivity index (χ1) is 15.0. The molecule has 0 spiro atoms. The molecule has 3 aromatic rings. The van der Waals surface area contributed by atoms with Gasteiger partial charge in [-0.2, -0.15) is 0 Å². The molecule has 1 fully saturated rings. The van der Waals surface area contributed by atoms with Crippen LogP contribution < -0.4 is 5.32 Å². The summed E-state index contributed by atoms with van der Waals surface area (Å²) in [5, 5.41) is 2.92. The Morgan fingerprint density at radius 1 is 0.903 bits per heavy atom. The molecule has 2 heterocycles. The standard InChI is InChI=1S/C24H22F2N2O2S/c1-15-19(24(30)28-13-6-3-7-14-28)23(31-21(15)16-9-4-2-5-10-16)27-22(29)20-17(25)11-8-12-18(20)26/h2,4-5,8-12H,3,6-7,13-14H2,1H3,(H,27,29). The quantitative estimate of drug-likeness (QED) is 0.551. The Bertz CT molecular complexity index is 1100. The van der Waals surface area contributed by atoms with E-state index in [1.54, 1.807) is 4.90 Å². The molecule has 0 bridgehead atoms. The number of amides is 2. The lowest BCUT2D eigenvalue weighted by Gasteiger charge is -2.27. The Morgan fingerprint density at radius 3 is 2.19 bits per heavy atom.